The van der Waals surface area contributed by atoms with E-state index in [0.29, 0.717) is 5.92 Å². The second kappa shape index (κ2) is 6.05. The Hall–Kier alpha value is -1.93. The predicted molar refractivity (Wildman–Crippen MR) is 80.0 cm³/mol. The summed E-state index contributed by atoms with van der Waals surface area (Å²) in [4.78, 5) is 21.4. The summed E-state index contributed by atoms with van der Waals surface area (Å²) in [6.45, 7) is 1.39. The Labute approximate surface area is 132 Å². The molecule has 7 nitrogen and oxygen atoms in total. The number of aryl methyl sites for hydroxylation is 1. The van der Waals surface area contributed by atoms with Gasteiger partial charge in [-0.2, -0.15) is 0 Å². The SMILES string of the molecule is Cc1cc([N+](=O)[O-])c(Cl)cc1S(=O)(=O)NC(=O)/C=C/C1CC1. The molecule has 1 aliphatic carbocycles. The van der Waals surface area contributed by atoms with E-state index in [1.54, 1.807) is 6.08 Å². The second-order valence-corrected chi connectivity index (χ2v) is 7.05. The molecule has 1 N–H and O–H groups in total. The molecule has 9 heteroatoms. The van der Waals surface area contributed by atoms with Gasteiger partial charge < -0.3 is 0 Å². The number of allylic oxidation sites excluding steroid dienone is 1. The molecule has 1 fully saturated rings. The van der Waals surface area contributed by atoms with Gasteiger partial charge in [0.25, 0.3) is 21.6 Å². The molecule has 0 spiro atoms. The molecule has 1 saturated carbocycles. The van der Waals surface area contributed by atoms with Crippen LogP contribution in [0.25, 0.3) is 0 Å². The maximum Gasteiger partial charge on any atom is 0.288 e. The van der Waals surface area contributed by atoms with Gasteiger partial charge in [0.2, 0.25) is 0 Å². The standard InChI is InChI=1S/C13H13ClN2O5S/c1-8-6-11(16(18)19)10(14)7-12(8)22(20,21)15-13(17)5-4-9-2-3-9/h4-7,9H,2-3H2,1H3,(H,15,17)/b5-4+. The van der Waals surface area contributed by atoms with Crippen LogP contribution in [-0.2, 0) is 14.8 Å². The number of hydrogen-bond donors (Lipinski definition) is 1. The van der Waals surface area contributed by atoms with Gasteiger partial charge in [0.15, 0.2) is 0 Å². The molecule has 0 bridgehead atoms. The first-order valence-corrected chi connectivity index (χ1v) is 8.26. The first kappa shape index (κ1) is 16.4. The Morgan fingerprint density at radius 3 is 2.64 bits per heavy atom. The lowest BCUT2D eigenvalue weighted by molar-refractivity contribution is -0.384. The van der Waals surface area contributed by atoms with E-state index in [9.17, 15) is 23.3 Å². The van der Waals surface area contributed by atoms with Crippen LogP contribution in [0.2, 0.25) is 5.02 Å². The Balaban J connectivity index is 2.27. The molecule has 0 unspecified atom stereocenters. The van der Waals surface area contributed by atoms with E-state index in [-0.39, 0.29) is 15.5 Å². The lowest BCUT2D eigenvalue weighted by Gasteiger charge is -2.08. The third-order valence-corrected chi connectivity index (χ3v) is 4.90. The van der Waals surface area contributed by atoms with Crippen LogP contribution in [0.1, 0.15) is 18.4 Å². The van der Waals surface area contributed by atoms with Crippen LogP contribution in [-0.4, -0.2) is 19.2 Å². The maximum atomic E-state index is 12.2. The highest BCUT2D eigenvalue weighted by Gasteiger charge is 2.24. The summed E-state index contributed by atoms with van der Waals surface area (Å²) in [7, 11) is -4.14. The van der Waals surface area contributed by atoms with E-state index in [1.165, 1.54) is 13.0 Å². The Morgan fingerprint density at radius 1 is 1.45 bits per heavy atom. The highest BCUT2D eigenvalue weighted by molar-refractivity contribution is 7.90. The first-order chi connectivity index (χ1) is 10.2. The summed E-state index contributed by atoms with van der Waals surface area (Å²) in [5.74, 6) is -0.426. The molecule has 2 rings (SSSR count). The van der Waals surface area contributed by atoms with E-state index in [4.69, 9.17) is 11.6 Å². The van der Waals surface area contributed by atoms with Crippen LogP contribution in [0.15, 0.2) is 29.2 Å². The van der Waals surface area contributed by atoms with Crippen LogP contribution >= 0.6 is 11.6 Å². The monoisotopic (exact) mass is 344 g/mol. The molecule has 0 saturated heterocycles. The maximum absolute atomic E-state index is 12.2. The van der Waals surface area contributed by atoms with Gasteiger partial charge in [0.05, 0.1) is 9.82 Å². The number of nitrogens with zero attached hydrogens (tertiary/aromatic N) is 1. The van der Waals surface area contributed by atoms with Crippen LogP contribution in [0.3, 0.4) is 0 Å². The van der Waals surface area contributed by atoms with Gasteiger partial charge in [-0.15, -0.1) is 0 Å². The van der Waals surface area contributed by atoms with Gasteiger partial charge in [-0.05, 0) is 37.3 Å². The number of halogens is 1. The van der Waals surface area contributed by atoms with Crippen LogP contribution in [0, 0.1) is 23.0 Å². The molecule has 1 aromatic rings. The van der Waals surface area contributed by atoms with Crippen molar-refractivity contribution in [3.05, 3.63) is 45.0 Å². The zero-order chi connectivity index (χ0) is 16.5. The third-order valence-electron chi connectivity index (χ3n) is 3.11. The first-order valence-electron chi connectivity index (χ1n) is 6.40. The Bertz CT molecular complexity index is 769. The number of nitro benzene ring substituents is 1. The molecular formula is C13H13ClN2O5S. The molecule has 0 aliphatic heterocycles. The van der Waals surface area contributed by atoms with Crippen LogP contribution in [0.4, 0.5) is 5.69 Å². The van der Waals surface area contributed by atoms with E-state index in [0.717, 1.165) is 25.0 Å². The highest BCUT2D eigenvalue weighted by atomic mass is 35.5. The van der Waals surface area contributed by atoms with Gasteiger partial charge in [-0.25, -0.2) is 13.1 Å². The zero-order valence-corrected chi connectivity index (χ0v) is 13.1. The molecule has 0 aromatic heterocycles. The smallest absolute Gasteiger partial charge is 0.269 e. The van der Waals surface area contributed by atoms with Crippen molar-refractivity contribution in [2.75, 3.05) is 0 Å². The number of sulfonamides is 1. The summed E-state index contributed by atoms with van der Waals surface area (Å²) in [6.07, 6.45) is 4.82. The normalized spacial score (nSPS) is 15.0. The highest BCUT2D eigenvalue weighted by Crippen LogP contribution is 2.31. The van der Waals surface area contributed by atoms with Gasteiger partial charge in [0.1, 0.15) is 5.02 Å². The molecular weight excluding hydrogens is 332 g/mol. The lowest BCUT2D eigenvalue weighted by atomic mass is 10.2. The zero-order valence-electron chi connectivity index (χ0n) is 11.6. The van der Waals surface area contributed by atoms with Crippen molar-refractivity contribution in [3.8, 4) is 0 Å². The summed E-state index contributed by atoms with van der Waals surface area (Å²) < 4.78 is 26.2. The van der Waals surface area contributed by atoms with Crippen molar-refractivity contribution in [2.45, 2.75) is 24.7 Å². The van der Waals surface area contributed by atoms with Gasteiger partial charge >= 0.3 is 0 Å². The number of carbonyl (C=O) groups excluding carboxylic acids is 1. The molecule has 1 aromatic carbocycles. The molecule has 0 atom stereocenters. The number of nitrogens with one attached hydrogen (secondary N) is 1. The van der Waals surface area contributed by atoms with Crippen molar-refractivity contribution in [2.24, 2.45) is 5.92 Å². The van der Waals surface area contributed by atoms with E-state index in [1.807, 2.05) is 4.72 Å². The molecule has 0 radical (unpaired) electrons. The predicted octanol–water partition coefficient (Wildman–Crippen LogP) is 2.33. The number of carbonyl (C=O) groups is 1. The van der Waals surface area contributed by atoms with Crippen molar-refractivity contribution < 1.29 is 18.1 Å². The number of benzene rings is 1. The number of hydrogen-bond acceptors (Lipinski definition) is 5. The van der Waals surface area contributed by atoms with E-state index < -0.39 is 26.5 Å². The number of nitro groups is 1. The molecule has 118 valence electrons. The fourth-order valence-electron chi connectivity index (χ4n) is 1.81. The summed E-state index contributed by atoms with van der Waals surface area (Å²) in [5, 5.41) is 10.5. The third kappa shape index (κ3) is 3.83. The van der Waals surface area contributed by atoms with E-state index in [2.05, 4.69) is 0 Å². The minimum Gasteiger partial charge on any atom is -0.269 e. The van der Waals surface area contributed by atoms with Gasteiger partial charge in [-0.1, -0.05) is 17.7 Å². The Morgan fingerprint density at radius 2 is 2.09 bits per heavy atom. The molecule has 0 heterocycles. The number of amides is 1. The summed E-state index contributed by atoms with van der Waals surface area (Å²) >= 11 is 5.72. The van der Waals surface area contributed by atoms with Gasteiger partial charge in [0, 0.05) is 12.1 Å². The quantitative estimate of drug-likeness (QED) is 0.501. The molecule has 22 heavy (non-hydrogen) atoms. The molecule has 1 aliphatic rings. The largest absolute Gasteiger partial charge is 0.288 e. The van der Waals surface area contributed by atoms with E-state index >= 15 is 0 Å². The van der Waals surface area contributed by atoms with Crippen molar-refractivity contribution >= 4 is 33.2 Å². The second-order valence-electron chi connectivity index (χ2n) is 4.99. The average Bonchev–Trinajstić information content (AvgIpc) is 3.21. The van der Waals surface area contributed by atoms with Crippen molar-refractivity contribution in [1.29, 1.82) is 0 Å². The Kier molecular flexibility index (Phi) is 4.52. The van der Waals surface area contributed by atoms with Crippen molar-refractivity contribution in [3.63, 3.8) is 0 Å². The summed E-state index contributed by atoms with van der Waals surface area (Å²) in [5.41, 5.74) is -0.263. The van der Waals surface area contributed by atoms with Crippen LogP contribution < -0.4 is 4.72 Å². The lowest BCUT2D eigenvalue weighted by Crippen LogP contribution is -2.29. The van der Waals surface area contributed by atoms with Crippen molar-refractivity contribution in [1.82, 2.24) is 4.72 Å². The molecule has 1 amide bonds. The summed E-state index contributed by atoms with van der Waals surface area (Å²) in [6, 6.07) is 2.02. The minimum atomic E-state index is -4.14. The fraction of sp³-hybridized carbons (Fsp3) is 0.308. The fourth-order valence-corrected chi connectivity index (χ4v) is 3.31. The topological polar surface area (TPSA) is 106 Å². The number of rotatable bonds is 5. The van der Waals surface area contributed by atoms with Crippen LogP contribution in [0.5, 0.6) is 0 Å². The van der Waals surface area contributed by atoms with Gasteiger partial charge in [-0.3, -0.25) is 14.9 Å². The average molecular weight is 345 g/mol. The minimum absolute atomic E-state index is 0.127.